The first kappa shape index (κ1) is 5.48. The Labute approximate surface area is 55.9 Å². The summed E-state index contributed by atoms with van der Waals surface area (Å²) in [5.41, 5.74) is 7.72. The van der Waals surface area contributed by atoms with Gasteiger partial charge < -0.3 is 5.73 Å². The molecule has 0 aromatic carbocycles. The lowest BCUT2D eigenvalue weighted by atomic mass is 10.1. The number of hydrogen-bond donors (Lipinski definition) is 1. The lowest BCUT2D eigenvalue weighted by Crippen LogP contribution is -2.23. The lowest BCUT2D eigenvalue weighted by molar-refractivity contribution is 0.745. The van der Waals surface area contributed by atoms with Crippen LogP contribution in [-0.4, -0.2) is 5.54 Å². The van der Waals surface area contributed by atoms with Crippen molar-refractivity contribution < 1.29 is 0 Å². The molecule has 0 aliphatic heterocycles. The molecular formula is C8H13N. The van der Waals surface area contributed by atoms with Crippen LogP contribution in [0, 0.1) is 0 Å². The Morgan fingerprint density at radius 2 is 2.22 bits per heavy atom. The van der Waals surface area contributed by atoms with Crippen LogP contribution in [0.1, 0.15) is 32.1 Å². The van der Waals surface area contributed by atoms with Gasteiger partial charge in [-0.1, -0.05) is 11.6 Å². The van der Waals surface area contributed by atoms with E-state index in [-0.39, 0.29) is 5.54 Å². The molecule has 0 aromatic heterocycles. The molecule has 2 N–H and O–H groups in total. The zero-order chi connectivity index (χ0) is 6.32. The van der Waals surface area contributed by atoms with Gasteiger partial charge in [0.25, 0.3) is 0 Å². The molecule has 2 aliphatic rings. The minimum Gasteiger partial charge on any atom is -0.322 e. The second-order valence-corrected chi connectivity index (χ2v) is 3.28. The maximum Gasteiger partial charge on any atom is 0.0370 e. The highest BCUT2D eigenvalue weighted by molar-refractivity contribution is 5.29. The highest BCUT2D eigenvalue weighted by Crippen LogP contribution is 2.43. The maximum absolute atomic E-state index is 5.98. The van der Waals surface area contributed by atoms with Crippen molar-refractivity contribution in [3.63, 3.8) is 0 Å². The van der Waals surface area contributed by atoms with Crippen molar-refractivity contribution in [3.05, 3.63) is 11.6 Å². The van der Waals surface area contributed by atoms with E-state index < -0.39 is 0 Å². The fourth-order valence-electron chi connectivity index (χ4n) is 1.58. The first-order valence-corrected chi connectivity index (χ1v) is 3.80. The number of rotatable bonds is 1. The first-order chi connectivity index (χ1) is 4.31. The summed E-state index contributed by atoms with van der Waals surface area (Å²) in [6.45, 7) is 0. The van der Waals surface area contributed by atoms with Gasteiger partial charge in [-0.25, -0.2) is 0 Å². The molecule has 2 aliphatic carbocycles. The molecule has 1 nitrogen and oxygen atoms in total. The Kier molecular flexibility index (Phi) is 0.974. The summed E-state index contributed by atoms with van der Waals surface area (Å²) in [5.74, 6) is 0. The van der Waals surface area contributed by atoms with Crippen LogP contribution in [-0.2, 0) is 0 Å². The molecule has 0 heterocycles. The van der Waals surface area contributed by atoms with E-state index >= 15 is 0 Å². The van der Waals surface area contributed by atoms with E-state index in [2.05, 4.69) is 6.08 Å². The minimum atomic E-state index is 0.191. The second-order valence-electron chi connectivity index (χ2n) is 3.28. The van der Waals surface area contributed by atoms with Gasteiger partial charge in [-0.05, 0) is 32.1 Å². The Bertz CT molecular complexity index is 154. The third-order valence-electron chi connectivity index (χ3n) is 2.47. The first-order valence-electron chi connectivity index (χ1n) is 3.80. The van der Waals surface area contributed by atoms with Crippen molar-refractivity contribution in [2.75, 3.05) is 0 Å². The van der Waals surface area contributed by atoms with Crippen LogP contribution in [0.4, 0.5) is 0 Å². The van der Waals surface area contributed by atoms with Crippen LogP contribution in [0.2, 0.25) is 0 Å². The third kappa shape index (κ3) is 0.799. The minimum absolute atomic E-state index is 0.191. The van der Waals surface area contributed by atoms with Gasteiger partial charge in [-0.2, -0.15) is 0 Å². The zero-order valence-electron chi connectivity index (χ0n) is 5.69. The summed E-state index contributed by atoms with van der Waals surface area (Å²) in [5, 5.41) is 0. The standard InChI is InChI=1S/C8H13N/c9-8(5-6-8)7-3-1-2-4-7/h3H,1-2,4-6,9H2. The molecule has 0 atom stereocenters. The van der Waals surface area contributed by atoms with Crippen LogP contribution in [0.5, 0.6) is 0 Å². The molecule has 50 valence electrons. The van der Waals surface area contributed by atoms with Gasteiger partial charge in [0.1, 0.15) is 0 Å². The molecule has 0 unspecified atom stereocenters. The summed E-state index contributed by atoms with van der Waals surface area (Å²) in [7, 11) is 0. The predicted molar refractivity (Wildman–Crippen MR) is 38.1 cm³/mol. The molecule has 0 aromatic rings. The molecule has 0 bridgehead atoms. The molecule has 2 rings (SSSR count). The average Bonchev–Trinajstić information content (AvgIpc) is 2.46. The SMILES string of the molecule is NC1(C2=CCCC2)CC1. The summed E-state index contributed by atoms with van der Waals surface area (Å²) in [4.78, 5) is 0. The van der Waals surface area contributed by atoms with E-state index in [1.165, 1.54) is 32.1 Å². The van der Waals surface area contributed by atoms with Crippen LogP contribution in [0.3, 0.4) is 0 Å². The largest absolute Gasteiger partial charge is 0.322 e. The number of allylic oxidation sites excluding steroid dienone is 1. The third-order valence-corrected chi connectivity index (χ3v) is 2.47. The van der Waals surface area contributed by atoms with Gasteiger partial charge in [0.2, 0.25) is 0 Å². The zero-order valence-corrected chi connectivity index (χ0v) is 5.69. The van der Waals surface area contributed by atoms with Crippen LogP contribution in [0.25, 0.3) is 0 Å². The van der Waals surface area contributed by atoms with E-state index in [0.717, 1.165) is 0 Å². The summed E-state index contributed by atoms with van der Waals surface area (Å²) in [6.07, 6.45) is 8.70. The van der Waals surface area contributed by atoms with Crippen LogP contribution < -0.4 is 5.73 Å². The molecule has 1 heteroatoms. The number of nitrogens with two attached hydrogens (primary N) is 1. The average molecular weight is 123 g/mol. The van der Waals surface area contributed by atoms with Gasteiger partial charge >= 0.3 is 0 Å². The quantitative estimate of drug-likeness (QED) is 0.526. The maximum atomic E-state index is 5.98. The highest BCUT2D eigenvalue weighted by Gasteiger charge is 2.41. The fourth-order valence-corrected chi connectivity index (χ4v) is 1.58. The monoisotopic (exact) mass is 123 g/mol. The molecule has 0 amide bonds. The topological polar surface area (TPSA) is 26.0 Å². The summed E-state index contributed by atoms with van der Waals surface area (Å²) >= 11 is 0. The highest BCUT2D eigenvalue weighted by atomic mass is 14.8. The van der Waals surface area contributed by atoms with E-state index in [9.17, 15) is 0 Å². The van der Waals surface area contributed by atoms with Gasteiger partial charge in [0, 0.05) is 5.54 Å². The van der Waals surface area contributed by atoms with E-state index in [0.29, 0.717) is 0 Å². The van der Waals surface area contributed by atoms with E-state index in [1.807, 2.05) is 0 Å². The Hall–Kier alpha value is -0.300. The molecule has 9 heavy (non-hydrogen) atoms. The summed E-state index contributed by atoms with van der Waals surface area (Å²) < 4.78 is 0. The molecule has 1 fully saturated rings. The van der Waals surface area contributed by atoms with Crippen molar-refractivity contribution in [1.29, 1.82) is 0 Å². The predicted octanol–water partition coefficient (Wildman–Crippen LogP) is 1.59. The number of hydrogen-bond acceptors (Lipinski definition) is 1. The second kappa shape index (κ2) is 1.60. The fraction of sp³-hybridized carbons (Fsp3) is 0.750. The Balaban J connectivity index is 2.12. The van der Waals surface area contributed by atoms with E-state index in [4.69, 9.17) is 5.73 Å². The van der Waals surface area contributed by atoms with Gasteiger partial charge in [-0.15, -0.1) is 0 Å². The van der Waals surface area contributed by atoms with Crippen LogP contribution >= 0.6 is 0 Å². The smallest absolute Gasteiger partial charge is 0.0370 e. The lowest BCUT2D eigenvalue weighted by Gasteiger charge is -2.08. The van der Waals surface area contributed by atoms with Crippen molar-refractivity contribution in [2.24, 2.45) is 5.73 Å². The molecular weight excluding hydrogens is 110 g/mol. The molecule has 1 saturated carbocycles. The van der Waals surface area contributed by atoms with Crippen molar-refractivity contribution in [3.8, 4) is 0 Å². The Morgan fingerprint density at radius 1 is 1.44 bits per heavy atom. The van der Waals surface area contributed by atoms with Crippen molar-refractivity contribution in [2.45, 2.75) is 37.6 Å². The van der Waals surface area contributed by atoms with Crippen molar-refractivity contribution in [1.82, 2.24) is 0 Å². The van der Waals surface area contributed by atoms with Crippen LogP contribution in [0.15, 0.2) is 11.6 Å². The summed E-state index contributed by atoms with van der Waals surface area (Å²) in [6, 6.07) is 0. The van der Waals surface area contributed by atoms with Crippen molar-refractivity contribution >= 4 is 0 Å². The Morgan fingerprint density at radius 3 is 2.67 bits per heavy atom. The molecule has 0 spiro atoms. The molecule has 0 saturated heterocycles. The van der Waals surface area contributed by atoms with Gasteiger partial charge in [0.15, 0.2) is 0 Å². The van der Waals surface area contributed by atoms with Gasteiger partial charge in [-0.3, -0.25) is 0 Å². The molecule has 0 radical (unpaired) electrons. The van der Waals surface area contributed by atoms with Gasteiger partial charge in [0.05, 0.1) is 0 Å². The van der Waals surface area contributed by atoms with E-state index in [1.54, 1.807) is 5.57 Å². The normalized spacial score (nSPS) is 30.1.